The van der Waals surface area contributed by atoms with Crippen LogP contribution in [0.15, 0.2) is 42.6 Å². The number of hydrogen-bond acceptors (Lipinski definition) is 4. The number of allylic oxidation sites excluding steroid dienone is 1. The van der Waals surface area contributed by atoms with Crippen molar-refractivity contribution in [2.24, 2.45) is 5.92 Å². The van der Waals surface area contributed by atoms with Gasteiger partial charge >= 0.3 is 0 Å². The monoisotopic (exact) mass is 510 g/mol. The second-order valence-corrected chi connectivity index (χ2v) is 10.8. The first-order valence-corrected chi connectivity index (χ1v) is 13.0. The van der Waals surface area contributed by atoms with Gasteiger partial charge in [-0.1, -0.05) is 58.4 Å². The molecular weight excluding hydrogens is 473 g/mol. The maximum absolute atomic E-state index is 15.4. The summed E-state index contributed by atoms with van der Waals surface area (Å²) >= 11 is 0. The number of aryl methyl sites for hydroxylation is 1. The van der Waals surface area contributed by atoms with Gasteiger partial charge in [-0.05, 0) is 44.9 Å². The van der Waals surface area contributed by atoms with Crippen molar-refractivity contribution in [3.05, 3.63) is 70.9 Å². The van der Waals surface area contributed by atoms with Gasteiger partial charge in [0.05, 0.1) is 17.1 Å². The van der Waals surface area contributed by atoms with Crippen LogP contribution in [-0.4, -0.2) is 17.0 Å². The van der Waals surface area contributed by atoms with Crippen molar-refractivity contribution in [1.29, 1.82) is 0 Å². The molecule has 0 amide bonds. The van der Waals surface area contributed by atoms with Crippen LogP contribution in [0.2, 0.25) is 0 Å². The van der Waals surface area contributed by atoms with Crippen molar-refractivity contribution in [3.63, 3.8) is 0 Å². The second-order valence-electron chi connectivity index (χ2n) is 10.8. The Bertz CT molecular complexity index is 1350. The number of fused-ring (bicyclic) bond motifs is 2. The van der Waals surface area contributed by atoms with Gasteiger partial charge < -0.3 is 10.2 Å². The first-order chi connectivity index (χ1) is 17.3. The Labute approximate surface area is 218 Å². The van der Waals surface area contributed by atoms with E-state index in [4.69, 9.17) is 4.98 Å². The number of benzene rings is 2. The summed E-state index contributed by atoms with van der Waals surface area (Å²) in [6, 6.07) is 7.76. The lowest BCUT2D eigenvalue weighted by atomic mass is 9.77. The number of anilines is 2. The largest absolute Gasteiger partial charge is 0.363 e. The predicted octanol–water partition coefficient (Wildman–Crippen LogP) is 8.41. The van der Waals surface area contributed by atoms with Gasteiger partial charge in [-0.2, -0.15) is 0 Å². The summed E-state index contributed by atoms with van der Waals surface area (Å²) in [5.74, 6) is -4.07. The maximum atomic E-state index is 15.4. The lowest BCUT2D eigenvalue weighted by molar-refractivity contribution is -0.0545. The highest BCUT2D eigenvalue weighted by atomic mass is 19.3. The number of aromatic nitrogens is 2. The van der Waals surface area contributed by atoms with E-state index in [9.17, 15) is 8.78 Å². The zero-order valence-corrected chi connectivity index (χ0v) is 22.8. The molecule has 7 heteroatoms. The molecule has 37 heavy (non-hydrogen) atoms. The van der Waals surface area contributed by atoms with E-state index in [1.165, 1.54) is 31.5 Å². The van der Waals surface area contributed by atoms with Gasteiger partial charge in [0.1, 0.15) is 17.5 Å². The van der Waals surface area contributed by atoms with Gasteiger partial charge in [-0.15, -0.1) is 0 Å². The summed E-state index contributed by atoms with van der Waals surface area (Å²) < 4.78 is 44.8. The number of hydrogen-bond donors (Lipinski definition) is 1. The number of rotatable bonds is 8. The van der Waals surface area contributed by atoms with Crippen molar-refractivity contribution in [1.82, 2.24) is 9.97 Å². The summed E-state index contributed by atoms with van der Waals surface area (Å²) in [7, 11) is 2.02. The van der Waals surface area contributed by atoms with Crippen molar-refractivity contribution in [2.75, 3.05) is 17.3 Å². The Balaban J connectivity index is 1.78. The minimum absolute atomic E-state index is 0.168. The van der Waals surface area contributed by atoms with Crippen LogP contribution in [-0.2, 0) is 11.3 Å². The second kappa shape index (κ2) is 9.66. The number of alkyl halides is 2. The Morgan fingerprint density at radius 2 is 1.86 bits per heavy atom. The van der Waals surface area contributed by atoms with Crippen molar-refractivity contribution in [3.8, 4) is 0 Å². The molecule has 0 saturated carbocycles. The van der Waals surface area contributed by atoms with E-state index >= 15 is 4.39 Å². The van der Waals surface area contributed by atoms with Crippen molar-refractivity contribution < 1.29 is 13.2 Å². The van der Waals surface area contributed by atoms with E-state index in [1.807, 2.05) is 14.0 Å². The predicted molar refractivity (Wildman–Crippen MR) is 146 cm³/mol. The van der Waals surface area contributed by atoms with Crippen LogP contribution in [0, 0.1) is 18.7 Å². The van der Waals surface area contributed by atoms with Gasteiger partial charge in [0.25, 0.3) is 5.92 Å². The lowest BCUT2D eigenvalue weighted by Gasteiger charge is -2.27. The molecule has 1 N–H and O–H groups in total. The third-order valence-electron chi connectivity index (χ3n) is 7.89. The zero-order chi connectivity index (χ0) is 27.3. The Kier molecular flexibility index (Phi) is 7.04. The van der Waals surface area contributed by atoms with Gasteiger partial charge in [0.2, 0.25) is 0 Å². The minimum Gasteiger partial charge on any atom is -0.363 e. The quantitative estimate of drug-likeness (QED) is 0.330. The molecule has 198 valence electrons. The Morgan fingerprint density at radius 3 is 2.51 bits per heavy atom. The van der Waals surface area contributed by atoms with E-state index < -0.39 is 29.3 Å². The molecule has 4 nitrogen and oxygen atoms in total. The third kappa shape index (κ3) is 4.47. The van der Waals surface area contributed by atoms with E-state index in [1.54, 1.807) is 6.92 Å². The molecule has 0 aliphatic carbocycles. The molecule has 0 radical (unpaired) electrons. The molecule has 2 aromatic carbocycles. The first kappa shape index (κ1) is 27.0. The fourth-order valence-corrected chi connectivity index (χ4v) is 5.33. The molecule has 0 saturated heterocycles. The highest BCUT2D eigenvalue weighted by molar-refractivity contribution is 5.95. The number of unbranched alkanes of at least 4 members (excludes halogenated alkanes) is 1. The molecule has 0 fully saturated rings. The molecule has 1 unspecified atom stereocenters. The van der Waals surface area contributed by atoms with E-state index in [0.29, 0.717) is 11.6 Å². The van der Waals surface area contributed by atoms with Gasteiger partial charge in [-0.25, -0.2) is 23.1 Å². The molecule has 1 aliphatic heterocycles. The Morgan fingerprint density at radius 1 is 1.16 bits per heavy atom. The summed E-state index contributed by atoms with van der Waals surface area (Å²) in [5, 5.41) is 4.08. The number of likely N-dealkylation sites (N-methyl/N-ethyl adjacent to an activating group) is 1. The van der Waals surface area contributed by atoms with Crippen LogP contribution < -0.4 is 10.2 Å². The highest BCUT2D eigenvalue weighted by Gasteiger charge is 2.41. The normalized spacial score (nSPS) is 18.6. The molecule has 0 bridgehead atoms. The molecule has 2 atom stereocenters. The summed E-state index contributed by atoms with van der Waals surface area (Å²) in [5.41, 5.74) is 3.47. The molecule has 4 rings (SSSR count). The minimum atomic E-state index is -3.27. The first-order valence-electron chi connectivity index (χ1n) is 13.0. The third-order valence-corrected chi connectivity index (χ3v) is 7.89. The topological polar surface area (TPSA) is 41.0 Å². The average Bonchev–Trinajstić information content (AvgIpc) is 3.02. The summed E-state index contributed by atoms with van der Waals surface area (Å²) in [4.78, 5) is 11.4. The summed E-state index contributed by atoms with van der Waals surface area (Å²) in [6.07, 6.45) is 3.19. The van der Waals surface area contributed by atoms with E-state index in [-0.39, 0.29) is 11.0 Å². The van der Waals surface area contributed by atoms with Crippen LogP contribution in [0.5, 0.6) is 0 Å². The van der Waals surface area contributed by atoms with Crippen LogP contribution in [0.25, 0.3) is 10.9 Å². The van der Waals surface area contributed by atoms with Crippen LogP contribution >= 0.6 is 0 Å². The average molecular weight is 511 g/mol. The van der Waals surface area contributed by atoms with E-state index in [0.717, 1.165) is 47.6 Å². The Hall–Kier alpha value is -3.09. The number of nitrogens with one attached hydrogen (secondary N) is 1. The SMILES string of the molecule is C=C1N(C)c2cc3c(N[C@H](C)c4cccc(C(F)(F)C(C)C)c4F)nc(C)nc3cc2C1(C)CCCC. The molecule has 1 aliphatic rings. The molecule has 0 spiro atoms. The number of halogens is 3. The molecule has 2 heterocycles. The van der Waals surface area contributed by atoms with E-state index in [2.05, 4.69) is 47.8 Å². The van der Waals surface area contributed by atoms with Crippen LogP contribution in [0.4, 0.5) is 24.7 Å². The lowest BCUT2D eigenvalue weighted by Crippen LogP contribution is -2.25. The van der Waals surface area contributed by atoms with Crippen LogP contribution in [0.3, 0.4) is 0 Å². The van der Waals surface area contributed by atoms with Crippen molar-refractivity contribution in [2.45, 2.75) is 78.2 Å². The summed E-state index contributed by atoms with van der Waals surface area (Å²) in [6.45, 7) is 15.2. The molecule has 3 aromatic rings. The fraction of sp³-hybridized carbons (Fsp3) is 0.467. The van der Waals surface area contributed by atoms with Crippen molar-refractivity contribution >= 4 is 22.4 Å². The van der Waals surface area contributed by atoms with Gasteiger partial charge in [-0.3, -0.25) is 0 Å². The molecule has 1 aromatic heterocycles. The fourth-order valence-electron chi connectivity index (χ4n) is 5.33. The highest BCUT2D eigenvalue weighted by Crippen LogP contribution is 2.51. The number of nitrogens with zero attached hydrogens (tertiary/aromatic N) is 3. The zero-order valence-electron chi connectivity index (χ0n) is 22.8. The van der Waals surface area contributed by atoms with Crippen LogP contribution in [0.1, 0.15) is 82.4 Å². The van der Waals surface area contributed by atoms with Gasteiger partial charge in [0.15, 0.2) is 0 Å². The van der Waals surface area contributed by atoms with Gasteiger partial charge in [0, 0.05) is 40.7 Å². The molecular formula is C30H37F3N4. The maximum Gasteiger partial charge on any atom is 0.278 e. The smallest absolute Gasteiger partial charge is 0.278 e. The standard InChI is InChI=1S/C30H37F3N4/c1-9-10-14-29(7)19(5)37(8)26-15-22-25(16-24(26)29)35-20(6)36-28(22)34-18(4)21-12-11-13-23(27(21)31)30(32,33)17(2)3/h11-13,15-18H,5,9-10,14H2,1-4,6-8H3,(H,34,35,36)/t18-,29?/m1/s1.